The minimum atomic E-state index is -0.479. The molecule has 0 unspecified atom stereocenters. The molecule has 1 aliphatic heterocycles. The number of rotatable bonds is 1. The Bertz CT molecular complexity index is 810. The quantitative estimate of drug-likeness (QED) is 0.790. The van der Waals surface area contributed by atoms with Crippen LogP contribution < -0.4 is 5.56 Å². The van der Waals surface area contributed by atoms with E-state index in [0.717, 1.165) is 24.7 Å². The fourth-order valence-electron chi connectivity index (χ4n) is 2.85. The third kappa shape index (κ3) is 2.02. The van der Waals surface area contributed by atoms with Gasteiger partial charge in [0.2, 0.25) is 5.91 Å². The van der Waals surface area contributed by atoms with Crippen molar-refractivity contribution in [3.63, 3.8) is 0 Å². The lowest BCUT2D eigenvalue weighted by Crippen LogP contribution is -2.40. The van der Waals surface area contributed by atoms with Gasteiger partial charge in [0, 0.05) is 25.1 Å². The molecule has 4 rings (SSSR count). The zero-order chi connectivity index (χ0) is 14.6. The van der Waals surface area contributed by atoms with Crippen molar-refractivity contribution in [2.45, 2.75) is 25.8 Å². The van der Waals surface area contributed by atoms with Crippen LogP contribution in [-0.4, -0.2) is 26.7 Å². The van der Waals surface area contributed by atoms with Crippen molar-refractivity contribution in [3.8, 4) is 0 Å². The van der Waals surface area contributed by atoms with E-state index in [4.69, 9.17) is 0 Å². The van der Waals surface area contributed by atoms with Crippen LogP contribution >= 0.6 is 0 Å². The second-order valence-corrected chi connectivity index (χ2v) is 5.70. The van der Waals surface area contributed by atoms with E-state index in [2.05, 4.69) is 4.98 Å². The van der Waals surface area contributed by atoms with Crippen molar-refractivity contribution in [1.29, 1.82) is 0 Å². The maximum Gasteiger partial charge on any atom is 0.263 e. The second kappa shape index (κ2) is 4.38. The molecule has 3 heterocycles. The molecule has 1 amide bonds. The van der Waals surface area contributed by atoms with Gasteiger partial charge in [-0.05, 0) is 25.0 Å². The number of amides is 1. The third-order valence-electron chi connectivity index (χ3n) is 4.17. The zero-order valence-corrected chi connectivity index (χ0v) is 11.4. The summed E-state index contributed by atoms with van der Waals surface area (Å²) in [6, 6.07) is 2.79. The molecule has 0 aromatic carbocycles. The predicted octanol–water partition coefficient (Wildman–Crippen LogP) is 1.13. The fraction of sp³-hybridized carbons (Fsp3) is 0.400. The Balaban J connectivity index is 1.79. The summed E-state index contributed by atoms with van der Waals surface area (Å²) in [7, 11) is 0. The normalized spacial score (nSPS) is 17.9. The Hall–Kier alpha value is -2.24. The van der Waals surface area contributed by atoms with E-state index in [-0.39, 0.29) is 23.9 Å². The topological polar surface area (TPSA) is 54.7 Å². The van der Waals surface area contributed by atoms with E-state index in [1.54, 1.807) is 4.90 Å². The lowest BCUT2D eigenvalue weighted by molar-refractivity contribution is -0.133. The Morgan fingerprint density at radius 2 is 2.14 bits per heavy atom. The van der Waals surface area contributed by atoms with Crippen molar-refractivity contribution in [3.05, 3.63) is 45.8 Å². The molecule has 0 radical (unpaired) electrons. The summed E-state index contributed by atoms with van der Waals surface area (Å²) in [6.07, 6.45) is 3.62. The summed E-state index contributed by atoms with van der Waals surface area (Å²) in [4.78, 5) is 30.8. The number of hydrogen-bond acceptors (Lipinski definition) is 3. The van der Waals surface area contributed by atoms with Gasteiger partial charge in [-0.15, -0.1) is 0 Å². The lowest BCUT2D eigenvalue weighted by Gasteiger charge is -2.28. The molecule has 0 atom stereocenters. The maximum atomic E-state index is 13.3. The Morgan fingerprint density at radius 3 is 2.90 bits per heavy atom. The number of hydrogen-bond donors (Lipinski definition) is 0. The van der Waals surface area contributed by atoms with Crippen LogP contribution in [0.5, 0.6) is 0 Å². The van der Waals surface area contributed by atoms with E-state index in [1.807, 2.05) is 0 Å². The molecule has 0 bridgehead atoms. The van der Waals surface area contributed by atoms with Crippen molar-refractivity contribution in [2.75, 3.05) is 6.54 Å². The van der Waals surface area contributed by atoms with Crippen LogP contribution in [0.1, 0.15) is 24.1 Å². The minimum absolute atomic E-state index is 0.129. The Morgan fingerprint density at radius 1 is 1.33 bits per heavy atom. The molecule has 108 valence electrons. The fourth-order valence-corrected chi connectivity index (χ4v) is 2.85. The molecular weight excluding hydrogens is 273 g/mol. The standard InChI is InChI=1S/C15H14FN3O2/c16-10-3-4-13-17-12-5-6-18(14(20)9-1-2-9)8-11(12)15(21)19(13)7-10/h3-4,7,9H,1-2,5-6,8H2. The average molecular weight is 287 g/mol. The van der Waals surface area contributed by atoms with Gasteiger partial charge in [0.25, 0.3) is 5.56 Å². The molecule has 0 N–H and O–H groups in total. The van der Waals surface area contributed by atoms with E-state index in [1.165, 1.54) is 16.5 Å². The summed E-state index contributed by atoms with van der Waals surface area (Å²) in [5.74, 6) is -0.211. The summed E-state index contributed by atoms with van der Waals surface area (Å²) in [5.41, 5.74) is 1.41. The predicted molar refractivity (Wildman–Crippen MR) is 73.3 cm³/mol. The smallest absolute Gasteiger partial charge is 0.263 e. The van der Waals surface area contributed by atoms with E-state index < -0.39 is 5.82 Å². The first-order valence-electron chi connectivity index (χ1n) is 7.12. The molecule has 1 fully saturated rings. The van der Waals surface area contributed by atoms with Crippen LogP contribution in [0.15, 0.2) is 23.1 Å². The molecule has 2 aliphatic rings. The van der Waals surface area contributed by atoms with Gasteiger partial charge in [-0.1, -0.05) is 0 Å². The van der Waals surface area contributed by atoms with Gasteiger partial charge in [-0.3, -0.25) is 14.0 Å². The summed E-state index contributed by atoms with van der Waals surface area (Å²) in [6.45, 7) is 0.891. The van der Waals surface area contributed by atoms with Gasteiger partial charge >= 0.3 is 0 Å². The van der Waals surface area contributed by atoms with Crippen LogP contribution in [0, 0.1) is 11.7 Å². The lowest BCUT2D eigenvalue weighted by atomic mass is 10.1. The molecular formula is C15H14FN3O2. The number of aromatic nitrogens is 2. The number of nitrogens with zero attached hydrogens (tertiary/aromatic N) is 3. The van der Waals surface area contributed by atoms with Gasteiger partial charge in [0.1, 0.15) is 11.5 Å². The highest BCUT2D eigenvalue weighted by Gasteiger charge is 2.35. The summed E-state index contributed by atoms with van der Waals surface area (Å²) < 4.78 is 14.5. The first kappa shape index (κ1) is 12.5. The van der Waals surface area contributed by atoms with Crippen LogP contribution in [-0.2, 0) is 17.8 Å². The van der Waals surface area contributed by atoms with Gasteiger partial charge in [0.05, 0.1) is 17.8 Å². The molecule has 0 spiro atoms. The number of carbonyl (C=O) groups is 1. The molecule has 1 saturated carbocycles. The average Bonchev–Trinajstić information content (AvgIpc) is 3.32. The molecule has 6 heteroatoms. The molecule has 2 aromatic heterocycles. The number of pyridine rings is 1. The van der Waals surface area contributed by atoms with Crippen molar-refractivity contribution in [2.24, 2.45) is 5.92 Å². The van der Waals surface area contributed by atoms with Crippen LogP contribution in [0.2, 0.25) is 0 Å². The largest absolute Gasteiger partial charge is 0.337 e. The first-order chi connectivity index (χ1) is 10.1. The van der Waals surface area contributed by atoms with Gasteiger partial charge in [0.15, 0.2) is 0 Å². The van der Waals surface area contributed by atoms with Crippen molar-refractivity contribution < 1.29 is 9.18 Å². The Kier molecular flexibility index (Phi) is 2.60. The van der Waals surface area contributed by atoms with Crippen molar-refractivity contribution >= 4 is 11.6 Å². The molecule has 21 heavy (non-hydrogen) atoms. The highest BCUT2D eigenvalue weighted by molar-refractivity contribution is 5.81. The minimum Gasteiger partial charge on any atom is -0.337 e. The molecule has 5 nitrogen and oxygen atoms in total. The SMILES string of the molecule is O=C(C1CC1)N1CCc2nc3ccc(F)cn3c(=O)c2C1. The molecule has 1 aliphatic carbocycles. The van der Waals surface area contributed by atoms with Crippen LogP contribution in [0.3, 0.4) is 0 Å². The first-order valence-corrected chi connectivity index (χ1v) is 7.12. The summed E-state index contributed by atoms with van der Waals surface area (Å²) >= 11 is 0. The number of halogens is 1. The highest BCUT2D eigenvalue weighted by atomic mass is 19.1. The maximum absolute atomic E-state index is 13.3. The summed E-state index contributed by atoms with van der Waals surface area (Å²) in [5, 5.41) is 0. The van der Waals surface area contributed by atoms with Gasteiger partial charge < -0.3 is 4.90 Å². The monoisotopic (exact) mass is 287 g/mol. The highest BCUT2D eigenvalue weighted by Crippen LogP contribution is 2.32. The van der Waals surface area contributed by atoms with E-state index in [9.17, 15) is 14.0 Å². The number of carbonyl (C=O) groups excluding carboxylic acids is 1. The van der Waals surface area contributed by atoms with Gasteiger partial charge in [-0.25, -0.2) is 9.37 Å². The van der Waals surface area contributed by atoms with Crippen molar-refractivity contribution in [1.82, 2.24) is 14.3 Å². The zero-order valence-electron chi connectivity index (χ0n) is 11.4. The van der Waals surface area contributed by atoms with Crippen LogP contribution in [0.4, 0.5) is 4.39 Å². The van der Waals surface area contributed by atoms with Crippen LogP contribution in [0.25, 0.3) is 5.65 Å². The van der Waals surface area contributed by atoms with E-state index >= 15 is 0 Å². The van der Waals surface area contributed by atoms with Gasteiger partial charge in [-0.2, -0.15) is 0 Å². The third-order valence-corrected chi connectivity index (χ3v) is 4.17. The number of fused-ring (bicyclic) bond motifs is 2. The molecule has 2 aromatic rings. The van der Waals surface area contributed by atoms with E-state index in [0.29, 0.717) is 24.2 Å². The Labute approximate surface area is 120 Å². The molecule has 0 saturated heterocycles. The second-order valence-electron chi connectivity index (χ2n) is 5.70.